The van der Waals surface area contributed by atoms with E-state index in [0.717, 1.165) is 0 Å². The van der Waals surface area contributed by atoms with Crippen LogP contribution < -0.4 is 10.6 Å². The van der Waals surface area contributed by atoms with Crippen molar-refractivity contribution in [1.29, 1.82) is 0 Å². The number of rotatable bonds is 3. The van der Waals surface area contributed by atoms with E-state index in [4.69, 9.17) is 4.52 Å². The number of nitrogens with one attached hydrogen (secondary N) is 2. The van der Waals surface area contributed by atoms with Gasteiger partial charge in [0, 0.05) is 23.4 Å². The van der Waals surface area contributed by atoms with Crippen molar-refractivity contribution in [1.82, 2.24) is 15.5 Å². The molecule has 0 saturated carbocycles. The van der Waals surface area contributed by atoms with Crippen LogP contribution in [-0.2, 0) is 0 Å². The van der Waals surface area contributed by atoms with E-state index in [-0.39, 0.29) is 17.1 Å². The number of hydrogen-bond donors (Lipinski definition) is 2. The largest absolute Gasteiger partial charge is 0.360 e. The minimum atomic E-state index is -0.460. The Labute approximate surface area is 128 Å². The van der Waals surface area contributed by atoms with E-state index < -0.39 is 5.91 Å². The third-order valence-corrected chi connectivity index (χ3v) is 2.61. The summed E-state index contributed by atoms with van der Waals surface area (Å²) in [5.74, 6) is 0.162. The van der Waals surface area contributed by atoms with Gasteiger partial charge in [0.2, 0.25) is 0 Å². The van der Waals surface area contributed by atoms with Crippen LogP contribution in [0.25, 0.3) is 0 Å². The van der Waals surface area contributed by atoms with Gasteiger partial charge in [-0.25, -0.2) is 0 Å². The van der Waals surface area contributed by atoms with E-state index in [1.807, 2.05) is 20.8 Å². The third kappa shape index (κ3) is 4.15. The number of carbonyl (C=O) groups is 2. The van der Waals surface area contributed by atoms with Crippen molar-refractivity contribution in [2.24, 2.45) is 0 Å². The molecule has 0 fully saturated rings. The summed E-state index contributed by atoms with van der Waals surface area (Å²) >= 11 is 0. The van der Waals surface area contributed by atoms with Gasteiger partial charge in [-0.2, -0.15) is 0 Å². The highest BCUT2D eigenvalue weighted by molar-refractivity contribution is 6.04. The fraction of sp³-hybridized carbons (Fsp3) is 0.333. The van der Waals surface area contributed by atoms with E-state index >= 15 is 0 Å². The van der Waals surface area contributed by atoms with Crippen LogP contribution in [-0.4, -0.2) is 27.5 Å². The first-order valence-electron chi connectivity index (χ1n) is 6.78. The molecule has 0 atom stereocenters. The summed E-state index contributed by atoms with van der Waals surface area (Å²) in [6, 6.07) is 4.58. The van der Waals surface area contributed by atoms with Crippen LogP contribution in [0.2, 0.25) is 0 Å². The van der Waals surface area contributed by atoms with Gasteiger partial charge in [-0.15, -0.1) is 0 Å². The Morgan fingerprint density at radius 2 is 1.91 bits per heavy atom. The second kappa shape index (κ2) is 5.97. The second-order valence-electron chi connectivity index (χ2n) is 5.91. The summed E-state index contributed by atoms with van der Waals surface area (Å²) in [5.41, 5.74) is 0.134. The predicted octanol–water partition coefficient (Wildman–Crippen LogP) is 2.16. The van der Waals surface area contributed by atoms with Crippen LogP contribution in [0.3, 0.4) is 0 Å². The first-order valence-corrected chi connectivity index (χ1v) is 6.78. The Morgan fingerprint density at radius 3 is 2.50 bits per heavy atom. The fourth-order valence-corrected chi connectivity index (χ4v) is 1.71. The standard InChI is InChI=1S/C15H18N4O3/c1-9-7-12(19-22-9)17-14(21)11-8-10(5-6-16-11)13(20)18-15(2,3)4/h5-8H,1-4H3,(H,18,20)(H,17,19,21). The topological polar surface area (TPSA) is 97.1 Å². The van der Waals surface area contributed by atoms with Gasteiger partial charge in [0.1, 0.15) is 11.5 Å². The molecule has 2 aromatic rings. The molecule has 0 saturated heterocycles. The van der Waals surface area contributed by atoms with Crippen molar-refractivity contribution in [3.8, 4) is 0 Å². The quantitative estimate of drug-likeness (QED) is 0.905. The van der Waals surface area contributed by atoms with Gasteiger partial charge in [-0.1, -0.05) is 5.16 Å². The van der Waals surface area contributed by atoms with E-state index in [2.05, 4.69) is 20.8 Å². The molecule has 2 rings (SSSR count). The summed E-state index contributed by atoms with van der Waals surface area (Å²) in [4.78, 5) is 28.2. The highest BCUT2D eigenvalue weighted by atomic mass is 16.5. The maximum absolute atomic E-state index is 12.1. The van der Waals surface area contributed by atoms with E-state index in [1.165, 1.54) is 12.3 Å². The molecule has 2 amide bonds. The molecule has 0 aliphatic carbocycles. The summed E-state index contributed by atoms with van der Waals surface area (Å²) in [6.07, 6.45) is 1.42. The van der Waals surface area contributed by atoms with Crippen LogP contribution in [0.5, 0.6) is 0 Å². The maximum Gasteiger partial charge on any atom is 0.275 e. The molecular weight excluding hydrogens is 284 g/mol. The van der Waals surface area contributed by atoms with Gasteiger partial charge in [0.15, 0.2) is 5.82 Å². The molecule has 0 aromatic carbocycles. The first-order chi connectivity index (χ1) is 10.2. The van der Waals surface area contributed by atoms with Crippen molar-refractivity contribution in [2.45, 2.75) is 33.2 Å². The molecule has 0 spiro atoms. The van der Waals surface area contributed by atoms with E-state index in [9.17, 15) is 9.59 Å². The van der Waals surface area contributed by atoms with Crippen LogP contribution in [0.15, 0.2) is 28.9 Å². The van der Waals surface area contributed by atoms with Crippen LogP contribution in [0.4, 0.5) is 5.82 Å². The minimum Gasteiger partial charge on any atom is -0.360 e. The molecule has 0 radical (unpaired) electrons. The Kier molecular flexibility index (Phi) is 4.25. The SMILES string of the molecule is Cc1cc(NC(=O)c2cc(C(=O)NC(C)(C)C)ccn2)no1. The molecule has 22 heavy (non-hydrogen) atoms. The predicted molar refractivity (Wildman–Crippen MR) is 80.6 cm³/mol. The first kappa shape index (κ1) is 15.7. The van der Waals surface area contributed by atoms with Gasteiger partial charge >= 0.3 is 0 Å². The number of anilines is 1. The Hall–Kier alpha value is -2.70. The Morgan fingerprint density at radius 1 is 1.18 bits per heavy atom. The highest BCUT2D eigenvalue weighted by Crippen LogP contribution is 2.10. The van der Waals surface area contributed by atoms with Gasteiger partial charge in [0.05, 0.1) is 0 Å². The molecule has 0 aliphatic heterocycles. The molecule has 0 bridgehead atoms. The van der Waals surface area contributed by atoms with E-state index in [1.54, 1.807) is 19.1 Å². The number of aromatic nitrogens is 2. The third-order valence-electron chi connectivity index (χ3n) is 2.61. The zero-order chi connectivity index (χ0) is 16.3. The lowest BCUT2D eigenvalue weighted by molar-refractivity contribution is 0.0919. The summed E-state index contributed by atoms with van der Waals surface area (Å²) in [5, 5.41) is 9.06. The van der Waals surface area contributed by atoms with Gasteiger partial charge < -0.3 is 15.2 Å². The molecule has 7 nitrogen and oxygen atoms in total. The summed E-state index contributed by atoms with van der Waals surface area (Å²) in [7, 11) is 0. The molecular formula is C15H18N4O3. The fourth-order valence-electron chi connectivity index (χ4n) is 1.71. The lowest BCUT2D eigenvalue weighted by atomic mass is 10.1. The zero-order valence-corrected chi connectivity index (χ0v) is 12.9. The number of hydrogen-bond acceptors (Lipinski definition) is 5. The molecule has 2 N–H and O–H groups in total. The van der Waals surface area contributed by atoms with Gasteiger partial charge in [0.25, 0.3) is 11.8 Å². The van der Waals surface area contributed by atoms with Crippen LogP contribution in [0.1, 0.15) is 47.4 Å². The molecule has 2 heterocycles. The Balaban J connectivity index is 2.14. The number of aryl methyl sites for hydroxylation is 1. The molecule has 2 aromatic heterocycles. The average molecular weight is 302 g/mol. The van der Waals surface area contributed by atoms with Crippen molar-refractivity contribution in [3.05, 3.63) is 41.4 Å². The average Bonchev–Trinajstić information content (AvgIpc) is 2.82. The van der Waals surface area contributed by atoms with Crippen molar-refractivity contribution >= 4 is 17.6 Å². The van der Waals surface area contributed by atoms with Crippen molar-refractivity contribution in [2.75, 3.05) is 5.32 Å². The van der Waals surface area contributed by atoms with Crippen LogP contribution in [0, 0.1) is 6.92 Å². The number of amides is 2. The number of carbonyl (C=O) groups excluding carboxylic acids is 2. The van der Waals surface area contributed by atoms with Crippen molar-refractivity contribution in [3.63, 3.8) is 0 Å². The summed E-state index contributed by atoms with van der Waals surface area (Å²) in [6.45, 7) is 7.37. The second-order valence-corrected chi connectivity index (χ2v) is 5.91. The normalized spacial score (nSPS) is 11.1. The molecule has 0 aliphatic rings. The molecule has 0 unspecified atom stereocenters. The lowest BCUT2D eigenvalue weighted by Crippen LogP contribution is -2.40. The van der Waals surface area contributed by atoms with Gasteiger partial charge in [-0.3, -0.25) is 14.6 Å². The zero-order valence-electron chi connectivity index (χ0n) is 12.9. The molecule has 7 heteroatoms. The summed E-state index contributed by atoms with van der Waals surface area (Å²) < 4.78 is 4.87. The molecule has 116 valence electrons. The Bertz CT molecular complexity index is 701. The lowest BCUT2D eigenvalue weighted by Gasteiger charge is -2.20. The highest BCUT2D eigenvalue weighted by Gasteiger charge is 2.17. The monoisotopic (exact) mass is 302 g/mol. The van der Waals surface area contributed by atoms with E-state index in [0.29, 0.717) is 17.1 Å². The maximum atomic E-state index is 12.1. The van der Waals surface area contributed by atoms with Crippen LogP contribution >= 0.6 is 0 Å². The number of nitrogens with zero attached hydrogens (tertiary/aromatic N) is 2. The van der Waals surface area contributed by atoms with Crippen molar-refractivity contribution < 1.29 is 14.1 Å². The smallest absolute Gasteiger partial charge is 0.275 e. The number of pyridine rings is 1. The minimum absolute atomic E-state index is 0.127. The van der Waals surface area contributed by atoms with Gasteiger partial charge in [-0.05, 0) is 39.8 Å².